The van der Waals surface area contributed by atoms with Crippen molar-refractivity contribution in [3.8, 4) is 6.07 Å². The van der Waals surface area contributed by atoms with Crippen molar-refractivity contribution in [3.05, 3.63) is 53.0 Å². The third kappa shape index (κ3) is 3.61. The Morgan fingerprint density at radius 3 is 2.87 bits per heavy atom. The number of ether oxygens (including phenoxy) is 1. The minimum atomic E-state index is -0.674. The highest BCUT2D eigenvalue weighted by atomic mass is 19.1. The van der Waals surface area contributed by atoms with Crippen LogP contribution in [0.1, 0.15) is 33.2 Å². The van der Waals surface area contributed by atoms with Gasteiger partial charge in [-0.3, -0.25) is 9.78 Å². The number of nitriles is 1. The Bertz CT molecular complexity index is 802. The van der Waals surface area contributed by atoms with Crippen LogP contribution in [-0.2, 0) is 4.74 Å². The Hall–Kier alpha value is -3.01. The van der Waals surface area contributed by atoms with Crippen molar-refractivity contribution in [2.45, 2.75) is 6.92 Å². The number of hydrogen-bond donors (Lipinski definition) is 0. The molecule has 0 unspecified atom stereocenters. The standard InChI is InChI=1S/C16H12BFN2O3/c1-2-23-16(22)14-11(9-21)5-6-20-15(14)17-12-4-3-10(8-19)7-13(12)18/h3-7,9,17H,2H2,1H3. The Labute approximate surface area is 133 Å². The van der Waals surface area contributed by atoms with E-state index in [1.165, 1.54) is 24.4 Å². The lowest BCUT2D eigenvalue weighted by Crippen LogP contribution is -2.37. The molecule has 114 valence electrons. The van der Waals surface area contributed by atoms with E-state index in [0.717, 1.165) is 6.07 Å². The quantitative estimate of drug-likeness (QED) is 0.455. The van der Waals surface area contributed by atoms with E-state index < -0.39 is 11.8 Å². The van der Waals surface area contributed by atoms with E-state index in [-0.39, 0.29) is 41.6 Å². The molecule has 23 heavy (non-hydrogen) atoms. The molecule has 2 aromatic rings. The zero-order valence-corrected chi connectivity index (χ0v) is 12.4. The molecular formula is C16H12BFN2O3. The minimum Gasteiger partial charge on any atom is -0.462 e. The lowest BCUT2D eigenvalue weighted by atomic mass is 9.64. The van der Waals surface area contributed by atoms with E-state index >= 15 is 0 Å². The predicted octanol–water partition coefficient (Wildman–Crippen LogP) is 0.469. The Kier molecular flexibility index (Phi) is 5.21. The largest absolute Gasteiger partial charge is 0.462 e. The van der Waals surface area contributed by atoms with E-state index in [0.29, 0.717) is 6.29 Å². The van der Waals surface area contributed by atoms with Gasteiger partial charge >= 0.3 is 5.97 Å². The summed E-state index contributed by atoms with van der Waals surface area (Å²) < 4.78 is 19.0. The van der Waals surface area contributed by atoms with Gasteiger partial charge in [-0.1, -0.05) is 6.07 Å². The summed E-state index contributed by atoms with van der Waals surface area (Å²) in [6.45, 7) is 1.80. The van der Waals surface area contributed by atoms with Gasteiger partial charge in [-0.25, -0.2) is 9.18 Å². The van der Waals surface area contributed by atoms with Crippen LogP contribution in [0.5, 0.6) is 0 Å². The first-order valence-electron chi connectivity index (χ1n) is 6.89. The molecule has 5 nitrogen and oxygen atoms in total. The second-order valence-electron chi connectivity index (χ2n) is 4.65. The molecule has 0 aliphatic carbocycles. The second-order valence-corrected chi connectivity index (χ2v) is 4.65. The van der Waals surface area contributed by atoms with Crippen LogP contribution < -0.4 is 11.1 Å². The first-order chi connectivity index (χ1) is 11.1. The Balaban J connectivity index is 2.46. The Morgan fingerprint density at radius 1 is 1.48 bits per heavy atom. The van der Waals surface area contributed by atoms with Gasteiger partial charge in [-0.2, -0.15) is 5.26 Å². The summed E-state index contributed by atoms with van der Waals surface area (Å²) >= 11 is 0. The van der Waals surface area contributed by atoms with Crippen molar-refractivity contribution in [1.82, 2.24) is 4.98 Å². The number of rotatable bonds is 5. The molecule has 0 atom stereocenters. The van der Waals surface area contributed by atoms with Gasteiger partial charge in [-0.15, -0.1) is 0 Å². The average Bonchev–Trinajstić information content (AvgIpc) is 2.56. The average molecular weight is 310 g/mol. The molecule has 0 aliphatic rings. The van der Waals surface area contributed by atoms with Crippen molar-refractivity contribution in [2.75, 3.05) is 6.61 Å². The first kappa shape index (κ1) is 16.4. The summed E-state index contributed by atoms with van der Waals surface area (Å²) in [6, 6.07) is 7.30. The highest BCUT2D eigenvalue weighted by Crippen LogP contribution is 2.05. The zero-order chi connectivity index (χ0) is 16.8. The summed E-state index contributed by atoms with van der Waals surface area (Å²) in [6.07, 6.45) is 1.91. The first-order valence-corrected chi connectivity index (χ1v) is 6.89. The number of halogens is 1. The zero-order valence-electron chi connectivity index (χ0n) is 12.4. The van der Waals surface area contributed by atoms with E-state index in [9.17, 15) is 14.0 Å². The van der Waals surface area contributed by atoms with Gasteiger partial charge in [0.15, 0.2) is 6.29 Å². The molecule has 0 radical (unpaired) electrons. The monoisotopic (exact) mass is 310 g/mol. The van der Waals surface area contributed by atoms with Crippen molar-refractivity contribution in [1.29, 1.82) is 5.26 Å². The van der Waals surface area contributed by atoms with Crippen LogP contribution in [0.3, 0.4) is 0 Å². The molecule has 0 amide bonds. The van der Waals surface area contributed by atoms with Crippen LogP contribution in [0.2, 0.25) is 0 Å². The van der Waals surface area contributed by atoms with Crippen LogP contribution in [0.4, 0.5) is 4.39 Å². The molecule has 2 rings (SSSR count). The topological polar surface area (TPSA) is 80.1 Å². The van der Waals surface area contributed by atoms with Gasteiger partial charge in [0.1, 0.15) is 5.82 Å². The highest BCUT2D eigenvalue weighted by Gasteiger charge is 2.20. The van der Waals surface area contributed by atoms with Crippen molar-refractivity contribution in [3.63, 3.8) is 0 Å². The van der Waals surface area contributed by atoms with Crippen LogP contribution in [-0.4, -0.2) is 31.1 Å². The van der Waals surface area contributed by atoms with Crippen LogP contribution in [0.15, 0.2) is 30.5 Å². The molecule has 0 N–H and O–H groups in total. The Morgan fingerprint density at radius 2 is 2.26 bits per heavy atom. The number of aromatic nitrogens is 1. The SMILES string of the molecule is CCOC(=O)c1c(C=O)ccnc1Bc1ccc(C#N)cc1F. The lowest BCUT2D eigenvalue weighted by molar-refractivity contribution is 0.0525. The third-order valence-electron chi connectivity index (χ3n) is 3.21. The van der Waals surface area contributed by atoms with Crippen molar-refractivity contribution < 1.29 is 18.7 Å². The van der Waals surface area contributed by atoms with Crippen LogP contribution >= 0.6 is 0 Å². The summed E-state index contributed by atoms with van der Waals surface area (Å²) in [5.74, 6) is -1.25. The van der Waals surface area contributed by atoms with E-state index in [1.807, 2.05) is 6.07 Å². The molecule has 7 heteroatoms. The molecule has 0 saturated carbocycles. The number of aldehydes is 1. The molecule has 0 bridgehead atoms. The summed E-state index contributed by atoms with van der Waals surface area (Å²) in [5, 5.41) is 8.76. The molecule has 0 saturated heterocycles. The second kappa shape index (κ2) is 7.32. The third-order valence-corrected chi connectivity index (χ3v) is 3.21. The molecular weight excluding hydrogens is 298 g/mol. The number of carbonyl (C=O) groups is 2. The summed E-state index contributed by atoms with van der Waals surface area (Å²) in [4.78, 5) is 27.3. The minimum absolute atomic E-state index is 0.00731. The van der Waals surface area contributed by atoms with Crippen LogP contribution in [0, 0.1) is 17.1 Å². The molecule has 0 aliphatic heterocycles. The number of carbonyl (C=O) groups excluding carboxylic acids is 2. The van der Waals surface area contributed by atoms with Crippen molar-refractivity contribution in [2.24, 2.45) is 0 Å². The van der Waals surface area contributed by atoms with E-state index in [2.05, 4.69) is 4.98 Å². The number of benzene rings is 1. The smallest absolute Gasteiger partial charge is 0.339 e. The number of nitrogens with zero attached hydrogens (tertiary/aromatic N) is 2. The molecule has 1 aromatic heterocycles. The molecule has 1 aromatic carbocycles. The van der Waals surface area contributed by atoms with Gasteiger partial charge < -0.3 is 4.74 Å². The van der Waals surface area contributed by atoms with Gasteiger partial charge in [0.05, 0.1) is 23.8 Å². The summed E-state index contributed by atoms with van der Waals surface area (Å²) in [7, 11) is 0.00731. The maximum atomic E-state index is 14.0. The van der Waals surface area contributed by atoms with E-state index in [1.54, 1.807) is 6.92 Å². The molecule has 1 heterocycles. The number of esters is 1. The molecule has 0 fully saturated rings. The van der Waals surface area contributed by atoms with Crippen LogP contribution in [0.25, 0.3) is 0 Å². The fourth-order valence-corrected chi connectivity index (χ4v) is 2.13. The maximum absolute atomic E-state index is 14.0. The van der Waals surface area contributed by atoms with Gasteiger partial charge in [0.2, 0.25) is 7.28 Å². The molecule has 0 spiro atoms. The van der Waals surface area contributed by atoms with E-state index in [4.69, 9.17) is 10.00 Å². The fraction of sp³-hybridized carbons (Fsp3) is 0.125. The van der Waals surface area contributed by atoms with Gasteiger partial charge in [0.25, 0.3) is 0 Å². The summed E-state index contributed by atoms with van der Waals surface area (Å²) in [5.41, 5.74) is 0.892. The van der Waals surface area contributed by atoms with Gasteiger partial charge in [-0.05, 0) is 30.6 Å². The normalized spacial score (nSPS) is 9.78. The highest BCUT2D eigenvalue weighted by molar-refractivity contribution is 6.68. The predicted molar refractivity (Wildman–Crippen MR) is 83.1 cm³/mol. The number of pyridine rings is 1. The maximum Gasteiger partial charge on any atom is 0.339 e. The lowest BCUT2D eigenvalue weighted by Gasteiger charge is -2.10. The van der Waals surface area contributed by atoms with Gasteiger partial charge in [0, 0.05) is 17.4 Å². The number of hydrogen-bond acceptors (Lipinski definition) is 5. The fourth-order valence-electron chi connectivity index (χ4n) is 2.13. The van der Waals surface area contributed by atoms with Crippen molar-refractivity contribution >= 4 is 30.6 Å².